The van der Waals surface area contributed by atoms with Gasteiger partial charge >= 0.3 is 0 Å². The number of carboxylic acids is 1. The molecular formula is C23H31O5-. The molecule has 4 atom stereocenters. The van der Waals surface area contributed by atoms with E-state index in [0.717, 1.165) is 25.7 Å². The van der Waals surface area contributed by atoms with Gasteiger partial charge in [-0.15, -0.1) is 0 Å². The highest BCUT2D eigenvalue weighted by Crippen LogP contribution is 2.34. The van der Waals surface area contributed by atoms with Gasteiger partial charge in [0.1, 0.15) is 5.78 Å². The summed E-state index contributed by atoms with van der Waals surface area (Å²) in [6.45, 7) is 0. The average molecular weight is 387 g/mol. The summed E-state index contributed by atoms with van der Waals surface area (Å²) in [7, 11) is 0. The molecule has 2 rings (SSSR count). The van der Waals surface area contributed by atoms with Crippen molar-refractivity contribution in [3.8, 4) is 0 Å². The Morgan fingerprint density at radius 1 is 1.18 bits per heavy atom. The number of ketones is 1. The molecule has 0 spiro atoms. The molecule has 154 valence electrons. The van der Waals surface area contributed by atoms with Crippen molar-refractivity contribution < 1.29 is 24.9 Å². The van der Waals surface area contributed by atoms with Crippen LogP contribution in [0.25, 0.3) is 0 Å². The molecule has 1 fully saturated rings. The molecule has 0 saturated heterocycles. The van der Waals surface area contributed by atoms with Crippen molar-refractivity contribution in [1.82, 2.24) is 0 Å². The first-order valence-corrected chi connectivity index (χ1v) is 10.3. The van der Waals surface area contributed by atoms with Crippen LogP contribution < -0.4 is 5.11 Å². The smallest absolute Gasteiger partial charge is 0.139 e. The van der Waals surface area contributed by atoms with Crippen molar-refractivity contribution in [2.45, 2.75) is 70.0 Å². The summed E-state index contributed by atoms with van der Waals surface area (Å²) in [5.41, 5.74) is 1.17. The van der Waals surface area contributed by atoms with E-state index >= 15 is 0 Å². The molecular weight excluding hydrogens is 356 g/mol. The molecule has 0 bridgehead atoms. The van der Waals surface area contributed by atoms with Gasteiger partial charge < -0.3 is 20.1 Å². The number of aliphatic hydroxyl groups is 2. The summed E-state index contributed by atoms with van der Waals surface area (Å²) < 4.78 is 0. The first kappa shape index (κ1) is 22.3. The summed E-state index contributed by atoms with van der Waals surface area (Å²) in [5.74, 6) is -1.41. The van der Waals surface area contributed by atoms with E-state index in [-0.39, 0.29) is 30.5 Å². The molecule has 1 aliphatic carbocycles. The number of aryl methyl sites for hydroxylation is 1. The standard InChI is InChI=1S/C23H32O5/c24-18(13-12-17-8-4-3-5-9-17)14-15-20-19(21(25)16-22(20)26)10-6-1-2-7-11-23(27)28/h3-5,8-9,14-15,18-20,22,24,26H,1-2,6-7,10-13,16H2,(H,27,28)/p-1/b15-14+/t18-,19+,20?,22+/m0/s1. The van der Waals surface area contributed by atoms with Gasteiger partial charge in [-0.25, -0.2) is 0 Å². The lowest BCUT2D eigenvalue weighted by Crippen LogP contribution is -2.21. The van der Waals surface area contributed by atoms with Crippen LogP contribution in [-0.4, -0.2) is 34.2 Å². The number of benzene rings is 1. The number of Topliss-reactive ketones (excluding diaryl/α,β-unsaturated/α-hetero) is 1. The lowest BCUT2D eigenvalue weighted by Gasteiger charge is -2.18. The predicted molar refractivity (Wildman–Crippen MR) is 105 cm³/mol. The quantitative estimate of drug-likeness (QED) is 0.423. The van der Waals surface area contributed by atoms with Crippen LogP contribution in [-0.2, 0) is 16.0 Å². The molecule has 0 radical (unpaired) electrons. The fourth-order valence-corrected chi connectivity index (χ4v) is 3.89. The number of unbranched alkanes of at least 4 members (excludes halogenated alkanes) is 3. The number of carboxylic acid groups (broad SMARTS) is 1. The summed E-state index contributed by atoms with van der Waals surface area (Å²) in [6.07, 6.45) is 7.63. The zero-order valence-corrected chi connectivity index (χ0v) is 16.3. The number of carbonyl (C=O) groups is 2. The van der Waals surface area contributed by atoms with Crippen molar-refractivity contribution in [2.24, 2.45) is 11.8 Å². The number of rotatable bonds is 12. The van der Waals surface area contributed by atoms with Gasteiger partial charge in [-0.1, -0.05) is 61.7 Å². The third-order valence-corrected chi connectivity index (χ3v) is 5.51. The summed E-state index contributed by atoms with van der Waals surface area (Å²) in [6, 6.07) is 9.96. The number of aliphatic carboxylic acids is 1. The monoisotopic (exact) mass is 387 g/mol. The zero-order valence-electron chi connectivity index (χ0n) is 16.3. The van der Waals surface area contributed by atoms with Crippen molar-refractivity contribution in [3.63, 3.8) is 0 Å². The maximum Gasteiger partial charge on any atom is 0.139 e. The van der Waals surface area contributed by atoms with E-state index in [4.69, 9.17) is 0 Å². The van der Waals surface area contributed by atoms with E-state index < -0.39 is 18.2 Å². The highest BCUT2D eigenvalue weighted by atomic mass is 16.4. The van der Waals surface area contributed by atoms with Crippen LogP contribution in [0.15, 0.2) is 42.5 Å². The summed E-state index contributed by atoms with van der Waals surface area (Å²) in [4.78, 5) is 22.6. The number of aliphatic hydroxyl groups excluding tert-OH is 2. The first-order chi connectivity index (χ1) is 13.5. The Labute approximate surface area is 167 Å². The molecule has 0 heterocycles. The van der Waals surface area contributed by atoms with E-state index in [2.05, 4.69) is 0 Å². The Bertz CT molecular complexity index is 640. The second-order valence-electron chi connectivity index (χ2n) is 7.72. The maximum atomic E-state index is 12.2. The molecule has 5 heteroatoms. The lowest BCUT2D eigenvalue weighted by molar-refractivity contribution is -0.305. The second-order valence-corrected chi connectivity index (χ2v) is 7.72. The van der Waals surface area contributed by atoms with Crippen LogP contribution in [0, 0.1) is 11.8 Å². The second kappa shape index (κ2) is 11.8. The van der Waals surface area contributed by atoms with Gasteiger partial charge in [0.2, 0.25) is 0 Å². The van der Waals surface area contributed by atoms with Gasteiger partial charge in [0.15, 0.2) is 0 Å². The Morgan fingerprint density at radius 2 is 1.89 bits per heavy atom. The minimum Gasteiger partial charge on any atom is -0.550 e. The van der Waals surface area contributed by atoms with Crippen LogP contribution in [0.3, 0.4) is 0 Å². The van der Waals surface area contributed by atoms with E-state index in [1.165, 1.54) is 5.56 Å². The van der Waals surface area contributed by atoms with Crippen LogP contribution in [0.4, 0.5) is 0 Å². The molecule has 1 aromatic carbocycles. The summed E-state index contributed by atoms with van der Waals surface area (Å²) in [5, 5.41) is 30.9. The van der Waals surface area contributed by atoms with Gasteiger partial charge in [-0.2, -0.15) is 0 Å². The minimum absolute atomic E-state index is 0.0767. The predicted octanol–water partition coefficient (Wildman–Crippen LogP) is 2.19. The highest BCUT2D eigenvalue weighted by Gasteiger charge is 2.39. The molecule has 0 amide bonds. The van der Waals surface area contributed by atoms with Crippen LogP contribution in [0.2, 0.25) is 0 Å². The minimum atomic E-state index is -1.02. The molecule has 1 unspecified atom stereocenters. The third-order valence-electron chi connectivity index (χ3n) is 5.51. The van der Waals surface area contributed by atoms with E-state index in [9.17, 15) is 24.9 Å². The molecule has 28 heavy (non-hydrogen) atoms. The van der Waals surface area contributed by atoms with Gasteiger partial charge in [0.05, 0.1) is 12.2 Å². The van der Waals surface area contributed by atoms with Gasteiger partial charge in [0.25, 0.3) is 0 Å². The van der Waals surface area contributed by atoms with Crippen molar-refractivity contribution in [2.75, 3.05) is 0 Å². The van der Waals surface area contributed by atoms with E-state index in [1.54, 1.807) is 6.08 Å². The van der Waals surface area contributed by atoms with Crippen molar-refractivity contribution >= 4 is 11.8 Å². The fourth-order valence-electron chi connectivity index (χ4n) is 3.89. The normalized spacial score (nSPS) is 23.4. The zero-order chi connectivity index (χ0) is 20.4. The van der Waals surface area contributed by atoms with Crippen molar-refractivity contribution in [1.29, 1.82) is 0 Å². The van der Waals surface area contributed by atoms with Gasteiger partial charge in [0, 0.05) is 24.2 Å². The molecule has 1 aromatic rings. The maximum absolute atomic E-state index is 12.2. The molecule has 5 nitrogen and oxygen atoms in total. The fraction of sp³-hybridized carbons (Fsp3) is 0.565. The number of hydrogen-bond acceptors (Lipinski definition) is 5. The lowest BCUT2D eigenvalue weighted by atomic mass is 9.88. The molecule has 0 aliphatic heterocycles. The Morgan fingerprint density at radius 3 is 2.61 bits per heavy atom. The molecule has 1 aliphatic rings. The van der Waals surface area contributed by atoms with E-state index in [0.29, 0.717) is 19.3 Å². The van der Waals surface area contributed by atoms with Gasteiger partial charge in [-0.3, -0.25) is 4.79 Å². The van der Waals surface area contributed by atoms with Gasteiger partial charge in [-0.05, 0) is 37.7 Å². The SMILES string of the molecule is O=C([O-])CCCCCC[C@H]1C(=O)C[C@@H](O)C1/C=C/[C@@H](O)CCc1ccccc1. The van der Waals surface area contributed by atoms with E-state index in [1.807, 2.05) is 36.4 Å². The summed E-state index contributed by atoms with van der Waals surface area (Å²) >= 11 is 0. The molecule has 1 saturated carbocycles. The topological polar surface area (TPSA) is 97.7 Å². The third kappa shape index (κ3) is 7.56. The number of hydrogen-bond donors (Lipinski definition) is 2. The van der Waals surface area contributed by atoms with Crippen LogP contribution in [0.1, 0.15) is 56.9 Å². The highest BCUT2D eigenvalue weighted by molar-refractivity contribution is 5.84. The molecule has 2 N–H and O–H groups in total. The Kier molecular flexibility index (Phi) is 9.38. The molecule has 0 aromatic heterocycles. The number of carbonyl (C=O) groups excluding carboxylic acids is 2. The Balaban J connectivity index is 1.77. The van der Waals surface area contributed by atoms with Crippen molar-refractivity contribution in [3.05, 3.63) is 48.0 Å². The first-order valence-electron chi connectivity index (χ1n) is 10.3. The Hall–Kier alpha value is -1.98. The largest absolute Gasteiger partial charge is 0.550 e. The average Bonchev–Trinajstić information content (AvgIpc) is 2.94. The van der Waals surface area contributed by atoms with Crippen LogP contribution in [0.5, 0.6) is 0 Å². The van der Waals surface area contributed by atoms with Crippen LogP contribution >= 0.6 is 0 Å².